The second-order valence-corrected chi connectivity index (χ2v) is 5.17. The van der Waals surface area contributed by atoms with Crippen molar-refractivity contribution in [1.82, 2.24) is 0 Å². The van der Waals surface area contributed by atoms with Crippen LogP contribution < -0.4 is 4.74 Å². The Balaban J connectivity index is 2.85. The molecule has 0 aromatic heterocycles. The molecule has 0 radical (unpaired) electrons. The standard InChI is InChI=1S/C17H24O/c1-6-17(4,13-7-8-14(2)3)15-9-11-16(18-5)12-10-15/h6,8-12H,1,7,13H2,2-5H3/t17-/m0/s1. The van der Waals surface area contributed by atoms with Crippen molar-refractivity contribution in [2.45, 2.75) is 39.0 Å². The van der Waals surface area contributed by atoms with Gasteiger partial charge in [-0.2, -0.15) is 0 Å². The molecule has 0 N–H and O–H groups in total. The molecule has 1 nitrogen and oxygen atoms in total. The lowest BCUT2D eigenvalue weighted by Gasteiger charge is -2.26. The van der Waals surface area contributed by atoms with Gasteiger partial charge in [0.2, 0.25) is 0 Å². The molecule has 1 atom stereocenters. The van der Waals surface area contributed by atoms with Crippen LogP contribution in [0.2, 0.25) is 0 Å². The van der Waals surface area contributed by atoms with Crippen LogP contribution in [0.1, 0.15) is 39.2 Å². The van der Waals surface area contributed by atoms with E-state index in [2.05, 4.69) is 45.6 Å². The van der Waals surface area contributed by atoms with Gasteiger partial charge in [0, 0.05) is 5.41 Å². The van der Waals surface area contributed by atoms with Gasteiger partial charge in [0.15, 0.2) is 0 Å². The Kier molecular flexibility index (Phi) is 5.21. The third-order valence-corrected chi connectivity index (χ3v) is 3.42. The number of hydrogen-bond donors (Lipinski definition) is 0. The van der Waals surface area contributed by atoms with Crippen LogP contribution >= 0.6 is 0 Å². The highest BCUT2D eigenvalue weighted by Gasteiger charge is 2.21. The molecule has 0 aliphatic rings. The van der Waals surface area contributed by atoms with Gasteiger partial charge in [0.05, 0.1) is 7.11 Å². The Bertz CT molecular complexity index is 410. The molecule has 0 amide bonds. The molecular weight excluding hydrogens is 220 g/mol. The summed E-state index contributed by atoms with van der Waals surface area (Å²) >= 11 is 0. The summed E-state index contributed by atoms with van der Waals surface area (Å²) in [5.74, 6) is 0.898. The maximum atomic E-state index is 5.19. The van der Waals surface area contributed by atoms with Crippen LogP contribution in [0.5, 0.6) is 5.75 Å². The Labute approximate surface area is 111 Å². The van der Waals surface area contributed by atoms with Crippen molar-refractivity contribution in [1.29, 1.82) is 0 Å². The van der Waals surface area contributed by atoms with Crippen LogP contribution in [0.25, 0.3) is 0 Å². The maximum Gasteiger partial charge on any atom is 0.118 e. The van der Waals surface area contributed by atoms with E-state index in [1.54, 1.807) is 7.11 Å². The van der Waals surface area contributed by atoms with Crippen LogP contribution in [0.15, 0.2) is 48.6 Å². The van der Waals surface area contributed by atoms with Gasteiger partial charge in [-0.1, -0.05) is 36.8 Å². The highest BCUT2D eigenvalue weighted by atomic mass is 16.5. The molecule has 0 saturated heterocycles. The molecule has 1 rings (SSSR count). The maximum absolute atomic E-state index is 5.19. The van der Waals surface area contributed by atoms with E-state index < -0.39 is 0 Å². The van der Waals surface area contributed by atoms with Crippen molar-refractivity contribution >= 4 is 0 Å². The molecule has 1 aromatic carbocycles. The first-order valence-corrected chi connectivity index (χ1v) is 6.43. The predicted molar refractivity (Wildman–Crippen MR) is 79.2 cm³/mol. The SMILES string of the molecule is C=C[C@@](C)(CCC=C(C)C)c1ccc(OC)cc1. The summed E-state index contributed by atoms with van der Waals surface area (Å²) < 4.78 is 5.19. The van der Waals surface area contributed by atoms with Crippen LogP contribution in [-0.2, 0) is 5.41 Å². The Morgan fingerprint density at radius 1 is 1.28 bits per heavy atom. The van der Waals surface area contributed by atoms with Gasteiger partial charge in [0.25, 0.3) is 0 Å². The summed E-state index contributed by atoms with van der Waals surface area (Å²) in [4.78, 5) is 0. The number of benzene rings is 1. The van der Waals surface area contributed by atoms with E-state index in [-0.39, 0.29) is 5.41 Å². The smallest absolute Gasteiger partial charge is 0.118 e. The van der Waals surface area contributed by atoms with Crippen molar-refractivity contribution in [2.75, 3.05) is 7.11 Å². The number of ether oxygens (including phenoxy) is 1. The largest absolute Gasteiger partial charge is 0.497 e. The highest BCUT2D eigenvalue weighted by molar-refractivity contribution is 5.34. The van der Waals surface area contributed by atoms with Crippen LogP contribution in [0.4, 0.5) is 0 Å². The van der Waals surface area contributed by atoms with Crippen molar-refractivity contribution in [2.24, 2.45) is 0 Å². The summed E-state index contributed by atoms with van der Waals surface area (Å²) in [6.07, 6.45) is 6.49. The topological polar surface area (TPSA) is 9.23 Å². The summed E-state index contributed by atoms with van der Waals surface area (Å²) in [7, 11) is 1.69. The van der Waals surface area contributed by atoms with E-state index in [4.69, 9.17) is 4.74 Å². The monoisotopic (exact) mass is 244 g/mol. The lowest BCUT2D eigenvalue weighted by molar-refractivity contribution is 0.414. The van der Waals surface area contributed by atoms with Gasteiger partial charge in [-0.3, -0.25) is 0 Å². The highest BCUT2D eigenvalue weighted by Crippen LogP contribution is 2.31. The normalized spacial score (nSPS) is 13.6. The minimum absolute atomic E-state index is 0.0260. The zero-order valence-corrected chi connectivity index (χ0v) is 12.0. The van der Waals surface area contributed by atoms with Gasteiger partial charge < -0.3 is 4.74 Å². The van der Waals surface area contributed by atoms with Gasteiger partial charge in [-0.05, 0) is 44.4 Å². The fourth-order valence-electron chi connectivity index (χ4n) is 2.00. The lowest BCUT2D eigenvalue weighted by Crippen LogP contribution is -2.18. The Morgan fingerprint density at radius 2 is 1.89 bits per heavy atom. The van der Waals surface area contributed by atoms with Crippen molar-refractivity contribution < 1.29 is 4.74 Å². The molecule has 1 heteroatoms. The van der Waals surface area contributed by atoms with E-state index in [1.165, 1.54) is 11.1 Å². The van der Waals surface area contributed by atoms with E-state index >= 15 is 0 Å². The van der Waals surface area contributed by atoms with Crippen LogP contribution in [0, 0.1) is 0 Å². The summed E-state index contributed by atoms with van der Waals surface area (Å²) in [5, 5.41) is 0. The number of allylic oxidation sites excluding steroid dienone is 3. The fourth-order valence-corrected chi connectivity index (χ4v) is 2.00. The fraction of sp³-hybridized carbons (Fsp3) is 0.412. The van der Waals surface area contributed by atoms with Gasteiger partial charge in [-0.25, -0.2) is 0 Å². The Morgan fingerprint density at radius 3 is 2.33 bits per heavy atom. The first-order chi connectivity index (χ1) is 8.51. The van der Waals surface area contributed by atoms with E-state index in [0.717, 1.165) is 18.6 Å². The summed E-state index contributed by atoms with van der Waals surface area (Å²) in [5.41, 5.74) is 2.69. The minimum Gasteiger partial charge on any atom is -0.497 e. The molecule has 0 saturated carbocycles. The molecule has 0 aliphatic heterocycles. The van der Waals surface area contributed by atoms with Crippen molar-refractivity contribution in [3.8, 4) is 5.75 Å². The molecule has 0 fully saturated rings. The molecular formula is C17H24O. The Hall–Kier alpha value is -1.50. The third-order valence-electron chi connectivity index (χ3n) is 3.42. The number of methoxy groups -OCH3 is 1. The minimum atomic E-state index is 0.0260. The first-order valence-electron chi connectivity index (χ1n) is 6.43. The average Bonchev–Trinajstić information content (AvgIpc) is 2.38. The van der Waals surface area contributed by atoms with Crippen molar-refractivity contribution in [3.05, 3.63) is 54.1 Å². The van der Waals surface area contributed by atoms with Crippen LogP contribution in [-0.4, -0.2) is 7.11 Å². The summed E-state index contributed by atoms with van der Waals surface area (Å²) in [6, 6.07) is 8.28. The quantitative estimate of drug-likeness (QED) is 0.648. The summed E-state index contributed by atoms with van der Waals surface area (Å²) in [6.45, 7) is 10.5. The number of hydrogen-bond acceptors (Lipinski definition) is 1. The molecule has 0 heterocycles. The zero-order valence-electron chi connectivity index (χ0n) is 12.0. The second kappa shape index (κ2) is 6.44. The lowest BCUT2D eigenvalue weighted by atomic mass is 9.78. The van der Waals surface area contributed by atoms with E-state index in [1.807, 2.05) is 18.2 Å². The first kappa shape index (κ1) is 14.6. The average molecular weight is 244 g/mol. The van der Waals surface area contributed by atoms with Gasteiger partial charge in [-0.15, -0.1) is 6.58 Å². The molecule has 18 heavy (non-hydrogen) atoms. The molecule has 0 spiro atoms. The molecule has 0 aliphatic carbocycles. The molecule has 0 unspecified atom stereocenters. The molecule has 98 valence electrons. The van der Waals surface area contributed by atoms with E-state index in [9.17, 15) is 0 Å². The van der Waals surface area contributed by atoms with Gasteiger partial charge >= 0.3 is 0 Å². The molecule has 0 bridgehead atoms. The van der Waals surface area contributed by atoms with Crippen LogP contribution in [0.3, 0.4) is 0 Å². The second-order valence-electron chi connectivity index (χ2n) is 5.17. The molecule has 1 aromatic rings. The van der Waals surface area contributed by atoms with E-state index in [0.29, 0.717) is 0 Å². The number of rotatable bonds is 6. The van der Waals surface area contributed by atoms with Crippen molar-refractivity contribution in [3.63, 3.8) is 0 Å². The third kappa shape index (κ3) is 3.76. The predicted octanol–water partition coefficient (Wildman–Crippen LogP) is 4.89. The van der Waals surface area contributed by atoms with Gasteiger partial charge in [0.1, 0.15) is 5.75 Å². The zero-order chi connectivity index (χ0) is 13.6.